The number of alkyl halides is 3. The number of hydrogen-bond donors (Lipinski definition) is 1. The van der Waals surface area contributed by atoms with Crippen molar-refractivity contribution in [2.45, 2.75) is 32.5 Å². The number of rotatable bonds is 0. The van der Waals surface area contributed by atoms with Gasteiger partial charge in [0.05, 0.1) is 16.6 Å². The van der Waals surface area contributed by atoms with Crippen molar-refractivity contribution in [2.75, 3.05) is 5.73 Å². The minimum Gasteiger partial charge on any atom is -0.380 e. The van der Waals surface area contributed by atoms with Crippen molar-refractivity contribution in [3.63, 3.8) is 0 Å². The van der Waals surface area contributed by atoms with Crippen molar-refractivity contribution >= 4 is 16.9 Å². The highest BCUT2D eigenvalue weighted by Crippen LogP contribution is 2.32. The maximum atomic E-state index is 12.6. The van der Waals surface area contributed by atoms with E-state index in [4.69, 9.17) is 5.73 Å². The first kappa shape index (κ1) is 12.7. The molecule has 2 heterocycles. The van der Waals surface area contributed by atoms with Crippen LogP contribution in [0.2, 0.25) is 0 Å². The highest BCUT2D eigenvalue weighted by Gasteiger charge is 2.32. The van der Waals surface area contributed by atoms with Crippen molar-refractivity contribution in [3.8, 4) is 0 Å². The summed E-state index contributed by atoms with van der Waals surface area (Å²) < 4.78 is 39.4. The van der Waals surface area contributed by atoms with Gasteiger partial charge in [-0.3, -0.25) is 9.67 Å². The van der Waals surface area contributed by atoms with Gasteiger partial charge in [0.15, 0.2) is 5.82 Å². The zero-order valence-corrected chi connectivity index (χ0v) is 10.2. The van der Waals surface area contributed by atoms with Gasteiger partial charge in [0.25, 0.3) is 0 Å². The lowest BCUT2D eigenvalue weighted by atomic mass is 10.1. The number of nitrogen functional groups attached to an aromatic ring is 1. The minimum absolute atomic E-state index is 0.133. The average Bonchev–Trinajstić information content (AvgIpc) is 2.54. The molecule has 0 radical (unpaired) electrons. The van der Waals surface area contributed by atoms with Crippen LogP contribution in [-0.4, -0.2) is 14.8 Å². The first-order chi connectivity index (χ1) is 8.10. The summed E-state index contributed by atoms with van der Waals surface area (Å²) in [4.78, 5) is 3.75. The molecule has 0 saturated carbocycles. The molecule has 0 aliphatic rings. The van der Waals surface area contributed by atoms with Crippen LogP contribution in [0.5, 0.6) is 0 Å². The maximum Gasteiger partial charge on any atom is 0.417 e. The van der Waals surface area contributed by atoms with E-state index in [1.54, 1.807) is 0 Å². The Hall–Kier alpha value is -1.79. The molecule has 98 valence electrons. The number of halogens is 3. The molecule has 0 atom stereocenters. The Morgan fingerprint density at radius 1 is 1.22 bits per heavy atom. The molecule has 0 aliphatic heterocycles. The van der Waals surface area contributed by atoms with Gasteiger partial charge in [0.2, 0.25) is 0 Å². The van der Waals surface area contributed by atoms with Gasteiger partial charge in [-0.2, -0.15) is 18.3 Å². The Balaban J connectivity index is 2.75. The SMILES string of the molecule is CC(C)(C)n1nc(N)c2ncc(C(F)(F)F)cc21. The van der Waals surface area contributed by atoms with E-state index in [-0.39, 0.29) is 16.9 Å². The average molecular weight is 258 g/mol. The van der Waals surface area contributed by atoms with Gasteiger partial charge in [-0.25, -0.2) is 0 Å². The quantitative estimate of drug-likeness (QED) is 0.790. The van der Waals surface area contributed by atoms with Gasteiger partial charge in [-0.05, 0) is 26.8 Å². The second-order valence-electron chi connectivity index (χ2n) is 5.06. The lowest BCUT2D eigenvalue weighted by Crippen LogP contribution is -2.23. The Morgan fingerprint density at radius 3 is 2.33 bits per heavy atom. The van der Waals surface area contributed by atoms with Crippen molar-refractivity contribution in [2.24, 2.45) is 0 Å². The van der Waals surface area contributed by atoms with E-state index in [0.717, 1.165) is 12.3 Å². The van der Waals surface area contributed by atoms with Gasteiger partial charge in [0, 0.05) is 6.20 Å². The highest BCUT2D eigenvalue weighted by atomic mass is 19.4. The van der Waals surface area contributed by atoms with E-state index in [9.17, 15) is 13.2 Å². The fourth-order valence-electron chi connectivity index (χ4n) is 1.69. The van der Waals surface area contributed by atoms with Gasteiger partial charge in [0.1, 0.15) is 5.52 Å². The van der Waals surface area contributed by atoms with Gasteiger partial charge in [-0.1, -0.05) is 0 Å². The summed E-state index contributed by atoms with van der Waals surface area (Å²) in [6.45, 7) is 5.50. The molecule has 2 aromatic heterocycles. The zero-order chi connectivity index (χ0) is 13.7. The van der Waals surface area contributed by atoms with Crippen LogP contribution in [0.1, 0.15) is 26.3 Å². The maximum absolute atomic E-state index is 12.6. The molecular formula is C11H13F3N4. The van der Waals surface area contributed by atoms with Crippen LogP contribution in [-0.2, 0) is 11.7 Å². The molecule has 0 saturated heterocycles. The standard InChI is InChI=1S/C11H13F3N4/c1-10(2,3)18-7-4-6(11(12,13)14)5-16-8(7)9(15)17-18/h4-5H,1-3H3,(H2,15,17). The lowest BCUT2D eigenvalue weighted by Gasteiger charge is -2.20. The Bertz CT molecular complexity index is 593. The summed E-state index contributed by atoms with van der Waals surface area (Å²) in [7, 11) is 0. The predicted molar refractivity (Wildman–Crippen MR) is 61.9 cm³/mol. The molecule has 2 aromatic rings. The van der Waals surface area contributed by atoms with Crippen LogP contribution in [0.25, 0.3) is 11.0 Å². The van der Waals surface area contributed by atoms with Gasteiger partial charge < -0.3 is 5.73 Å². The van der Waals surface area contributed by atoms with E-state index in [1.165, 1.54) is 4.68 Å². The second-order valence-corrected chi connectivity index (χ2v) is 5.06. The van der Waals surface area contributed by atoms with E-state index in [0.29, 0.717) is 0 Å². The number of nitrogens with two attached hydrogens (primary N) is 1. The zero-order valence-electron chi connectivity index (χ0n) is 10.2. The topological polar surface area (TPSA) is 56.7 Å². The third-order valence-corrected chi connectivity index (χ3v) is 2.51. The molecule has 7 heteroatoms. The van der Waals surface area contributed by atoms with Crippen molar-refractivity contribution in [3.05, 3.63) is 17.8 Å². The fraction of sp³-hybridized carbons (Fsp3) is 0.455. The number of anilines is 1. The molecule has 0 unspecified atom stereocenters. The summed E-state index contributed by atoms with van der Waals surface area (Å²) in [5.74, 6) is 0.133. The van der Waals surface area contributed by atoms with Crippen LogP contribution in [0.3, 0.4) is 0 Å². The third kappa shape index (κ3) is 2.00. The highest BCUT2D eigenvalue weighted by molar-refractivity contribution is 5.85. The molecule has 4 nitrogen and oxygen atoms in total. The van der Waals surface area contributed by atoms with Crippen LogP contribution in [0, 0.1) is 0 Å². The van der Waals surface area contributed by atoms with Crippen LogP contribution >= 0.6 is 0 Å². The molecule has 18 heavy (non-hydrogen) atoms. The first-order valence-electron chi connectivity index (χ1n) is 5.32. The van der Waals surface area contributed by atoms with Crippen molar-refractivity contribution in [1.29, 1.82) is 0 Å². The van der Waals surface area contributed by atoms with Gasteiger partial charge >= 0.3 is 6.18 Å². The summed E-state index contributed by atoms with van der Waals surface area (Å²) in [6.07, 6.45) is -3.66. The van der Waals surface area contributed by atoms with Crippen LogP contribution in [0.15, 0.2) is 12.3 Å². The molecule has 0 aromatic carbocycles. The van der Waals surface area contributed by atoms with Gasteiger partial charge in [-0.15, -0.1) is 0 Å². The van der Waals surface area contributed by atoms with Crippen LogP contribution in [0.4, 0.5) is 19.0 Å². The van der Waals surface area contributed by atoms with E-state index >= 15 is 0 Å². The molecule has 0 spiro atoms. The molecule has 0 bridgehead atoms. The number of pyridine rings is 1. The molecule has 0 amide bonds. The normalized spacial score (nSPS) is 13.2. The molecule has 0 aliphatic carbocycles. The largest absolute Gasteiger partial charge is 0.417 e. The summed E-state index contributed by atoms with van der Waals surface area (Å²) >= 11 is 0. The smallest absolute Gasteiger partial charge is 0.380 e. The Labute approximate surface area is 102 Å². The van der Waals surface area contributed by atoms with Crippen molar-refractivity contribution in [1.82, 2.24) is 14.8 Å². The molecular weight excluding hydrogens is 245 g/mol. The predicted octanol–water partition coefficient (Wildman–Crippen LogP) is 2.79. The monoisotopic (exact) mass is 258 g/mol. The summed E-state index contributed by atoms with van der Waals surface area (Å²) in [6, 6.07) is 1.02. The van der Waals surface area contributed by atoms with E-state index in [1.807, 2.05) is 20.8 Å². The van der Waals surface area contributed by atoms with Crippen molar-refractivity contribution < 1.29 is 13.2 Å². The molecule has 2 N–H and O–H groups in total. The minimum atomic E-state index is -4.43. The fourth-order valence-corrected chi connectivity index (χ4v) is 1.69. The molecule has 0 fully saturated rings. The number of hydrogen-bond acceptors (Lipinski definition) is 3. The number of aromatic nitrogens is 3. The Kier molecular flexibility index (Phi) is 2.53. The Morgan fingerprint density at radius 2 is 1.83 bits per heavy atom. The second kappa shape index (κ2) is 3.60. The third-order valence-electron chi connectivity index (χ3n) is 2.51. The van der Waals surface area contributed by atoms with Crippen LogP contribution < -0.4 is 5.73 Å². The lowest BCUT2D eigenvalue weighted by molar-refractivity contribution is -0.137. The summed E-state index contributed by atoms with van der Waals surface area (Å²) in [5.41, 5.74) is 4.96. The number of fused-ring (bicyclic) bond motifs is 1. The number of nitrogens with zero attached hydrogens (tertiary/aromatic N) is 3. The van der Waals surface area contributed by atoms with E-state index < -0.39 is 17.3 Å². The van der Waals surface area contributed by atoms with E-state index in [2.05, 4.69) is 10.1 Å². The first-order valence-corrected chi connectivity index (χ1v) is 5.32. The molecule has 2 rings (SSSR count). The summed E-state index contributed by atoms with van der Waals surface area (Å²) in [5, 5.41) is 4.05.